The van der Waals surface area contributed by atoms with Gasteiger partial charge in [0.1, 0.15) is 18.7 Å². The predicted octanol–water partition coefficient (Wildman–Crippen LogP) is 5.56. The molecule has 0 unspecified atom stereocenters. The van der Waals surface area contributed by atoms with Gasteiger partial charge in [0.2, 0.25) is 11.5 Å². The predicted molar refractivity (Wildman–Crippen MR) is 127 cm³/mol. The van der Waals surface area contributed by atoms with Crippen molar-refractivity contribution in [2.45, 2.75) is 19.7 Å². The van der Waals surface area contributed by atoms with Crippen LogP contribution in [0.1, 0.15) is 22.3 Å². The van der Waals surface area contributed by atoms with Gasteiger partial charge in [-0.25, -0.2) is 14.4 Å². The summed E-state index contributed by atoms with van der Waals surface area (Å²) < 4.78 is 66.8. The molecule has 0 fully saturated rings. The summed E-state index contributed by atoms with van der Waals surface area (Å²) in [5.74, 6) is -0.842. The molecule has 190 valence electrons. The van der Waals surface area contributed by atoms with Crippen molar-refractivity contribution in [3.05, 3.63) is 108 Å². The molecule has 0 bridgehead atoms. The van der Waals surface area contributed by atoms with E-state index in [2.05, 4.69) is 26.5 Å². The third kappa shape index (κ3) is 6.00. The second-order valence-electron chi connectivity index (χ2n) is 7.86. The number of halogens is 4. The first-order chi connectivity index (χ1) is 17.7. The minimum atomic E-state index is -4.54. The van der Waals surface area contributed by atoms with E-state index in [0.29, 0.717) is 22.4 Å². The molecule has 0 aliphatic heterocycles. The Morgan fingerprint density at radius 2 is 1.84 bits per heavy atom. The maximum atomic E-state index is 14.6. The summed E-state index contributed by atoms with van der Waals surface area (Å²) in [7, 11) is 1.57. The zero-order chi connectivity index (χ0) is 26.6. The van der Waals surface area contributed by atoms with Crippen LogP contribution in [0, 0.1) is 12.7 Å². The molecule has 0 spiro atoms. The van der Waals surface area contributed by atoms with Crippen LogP contribution in [0.3, 0.4) is 0 Å². The van der Waals surface area contributed by atoms with Crippen LogP contribution in [0.2, 0.25) is 0 Å². The minimum Gasteiger partial charge on any atom is -0.473 e. The van der Waals surface area contributed by atoms with Gasteiger partial charge in [-0.2, -0.15) is 18.2 Å². The van der Waals surface area contributed by atoms with Gasteiger partial charge in [0.05, 0.1) is 11.3 Å². The van der Waals surface area contributed by atoms with Crippen LogP contribution in [0.5, 0.6) is 17.4 Å². The van der Waals surface area contributed by atoms with Crippen molar-refractivity contribution in [1.82, 2.24) is 19.5 Å². The molecule has 0 aliphatic carbocycles. The van der Waals surface area contributed by atoms with E-state index in [1.54, 1.807) is 42.3 Å². The zero-order valence-corrected chi connectivity index (χ0v) is 19.8. The largest absolute Gasteiger partial charge is 0.473 e. The maximum Gasteiger partial charge on any atom is 0.416 e. The lowest BCUT2D eigenvalue weighted by molar-refractivity contribution is -0.138. The van der Waals surface area contributed by atoms with E-state index < -0.39 is 17.6 Å². The summed E-state index contributed by atoms with van der Waals surface area (Å²) >= 11 is 0. The van der Waals surface area contributed by atoms with Crippen molar-refractivity contribution in [3.8, 4) is 17.4 Å². The summed E-state index contributed by atoms with van der Waals surface area (Å²) in [4.78, 5) is 16.4. The van der Waals surface area contributed by atoms with Crippen LogP contribution >= 0.6 is 0 Å². The van der Waals surface area contributed by atoms with Crippen molar-refractivity contribution >= 4 is 5.70 Å². The first kappa shape index (κ1) is 25.5. The van der Waals surface area contributed by atoms with E-state index in [9.17, 15) is 17.6 Å². The van der Waals surface area contributed by atoms with Gasteiger partial charge in [-0.05, 0) is 42.3 Å². The summed E-state index contributed by atoms with van der Waals surface area (Å²) in [6.45, 7) is 5.35. The molecule has 7 nitrogen and oxygen atoms in total. The van der Waals surface area contributed by atoms with Gasteiger partial charge in [-0.15, -0.1) is 0 Å². The third-order valence-electron chi connectivity index (χ3n) is 5.30. The van der Waals surface area contributed by atoms with Crippen LogP contribution in [-0.2, 0) is 12.8 Å². The van der Waals surface area contributed by atoms with Crippen LogP contribution < -0.4 is 15.1 Å². The fourth-order valence-electron chi connectivity index (χ4n) is 3.40. The lowest BCUT2D eigenvalue weighted by Crippen LogP contribution is -2.24. The fourth-order valence-corrected chi connectivity index (χ4v) is 3.40. The third-order valence-corrected chi connectivity index (χ3v) is 5.30. The number of alkyl halides is 3. The van der Waals surface area contributed by atoms with E-state index >= 15 is 0 Å². The molecule has 4 aromatic rings. The molecule has 2 aromatic heterocycles. The minimum absolute atomic E-state index is 0.0202. The van der Waals surface area contributed by atoms with Gasteiger partial charge >= 0.3 is 6.18 Å². The average Bonchev–Trinajstić information content (AvgIpc) is 2.89. The molecule has 0 N–H and O–H groups in total. The molecule has 0 amide bonds. The van der Waals surface area contributed by atoms with E-state index in [0.717, 1.165) is 6.07 Å². The Bertz CT molecular complexity index is 1500. The van der Waals surface area contributed by atoms with Gasteiger partial charge in [0.25, 0.3) is 0 Å². The smallest absolute Gasteiger partial charge is 0.416 e. The van der Waals surface area contributed by atoms with Crippen LogP contribution in [0.4, 0.5) is 17.6 Å². The number of ether oxygens (including phenoxy) is 2. The highest BCUT2D eigenvalue weighted by Gasteiger charge is 2.32. The summed E-state index contributed by atoms with van der Waals surface area (Å²) in [5.41, 5.74) is 1.23. The Hall–Kier alpha value is -4.54. The maximum absolute atomic E-state index is 14.6. The van der Waals surface area contributed by atoms with Crippen molar-refractivity contribution in [2.24, 2.45) is 4.99 Å². The Morgan fingerprint density at radius 3 is 2.51 bits per heavy atom. The average molecular weight is 511 g/mol. The summed E-state index contributed by atoms with van der Waals surface area (Å²) in [6, 6.07) is 9.12. The molecular formula is C26H21F4N5O2. The second kappa shape index (κ2) is 10.6. The van der Waals surface area contributed by atoms with E-state index in [1.165, 1.54) is 37.5 Å². The zero-order valence-electron chi connectivity index (χ0n) is 19.8. The quantitative estimate of drug-likeness (QED) is 0.304. The molecule has 4 rings (SSSR count). The van der Waals surface area contributed by atoms with Crippen molar-refractivity contribution in [3.63, 3.8) is 0 Å². The van der Waals surface area contributed by atoms with Crippen LogP contribution in [-0.4, -0.2) is 26.6 Å². The van der Waals surface area contributed by atoms with Crippen LogP contribution in [0.15, 0.2) is 79.0 Å². The molecule has 0 aliphatic rings. The first-order valence-corrected chi connectivity index (χ1v) is 10.9. The summed E-state index contributed by atoms with van der Waals surface area (Å²) in [5, 5.41) is 0. The molecule has 2 heterocycles. The lowest BCUT2D eigenvalue weighted by Gasteiger charge is -2.14. The van der Waals surface area contributed by atoms with Gasteiger partial charge in [-0.3, -0.25) is 9.56 Å². The SMILES string of the molecule is C=C(c1cncnc1)n1ccc(OCc2ccc(Oc3ccc(C)c(C(F)(F)F)c3)c(F)c2)nc1=NC. The van der Waals surface area contributed by atoms with Crippen molar-refractivity contribution in [1.29, 1.82) is 0 Å². The molecule has 2 aromatic carbocycles. The van der Waals surface area contributed by atoms with Crippen LogP contribution in [0.25, 0.3) is 5.70 Å². The highest BCUT2D eigenvalue weighted by atomic mass is 19.4. The Balaban J connectivity index is 1.46. The second-order valence-corrected chi connectivity index (χ2v) is 7.86. The number of hydrogen-bond acceptors (Lipinski definition) is 6. The van der Waals surface area contributed by atoms with Gasteiger partial charge in [0.15, 0.2) is 11.6 Å². The Morgan fingerprint density at radius 1 is 1.08 bits per heavy atom. The van der Waals surface area contributed by atoms with Crippen molar-refractivity contribution in [2.75, 3.05) is 7.05 Å². The monoisotopic (exact) mass is 511 g/mol. The van der Waals surface area contributed by atoms with Gasteiger partial charge < -0.3 is 9.47 Å². The standard InChI is InChI=1S/C26H21F4N5O2/c1-16-4-6-20(11-21(16)26(28,29)30)37-23-7-5-18(10-22(23)27)14-36-24-8-9-35(25(31-3)34-24)17(2)19-12-32-15-33-13-19/h4-13,15H,2,14H2,1,3H3. The highest BCUT2D eigenvalue weighted by molar-refractivity contribution is 5.61. The first-order valence-electron chi connectivity index (χ1n) is 10.9. The molecule has 37 heavy (non-hydrogen) atoms. The van der Waals surface area contributed by atoms with Gasteiger partial charge in [0, 0.05) is 37.3 Å². The fraction of sp³-hybridized carbons (Fsp3) is 0.154. The number of hydrogen-bond donors (Lipinski definition) is 0. The van der Waals surface area contributed by atoms with Gasteiger partial charge in [-0.1, -0.05) is 18.7 Å². The number of rotatable bonds is 7. The van der Waals surface area contributed by atoms with E-state index in [-0.39, 0.29) is 29.5 Å². The van der Waals surface area contributed by atoms with E-state index in [1.807, 2.05) is 0 Å². The number of aryl methyl sites for hydroxylation is 1. The summed E-state index contributed by atoms with van der Waals surface area (Å²) in [6.07, 6.45) is 1.77. The Kier molecular flexibility index (Phi) is 7.32. The number of aromatic nitrogens is 4. The molecule has 0 atom stereocenters. The molecule has 0 radical (unpaired) electrons. The topological polar surface area (TPSA) is 74.4 Å². The molecule has 0 saturated heterocycles. The Labute approximate surface area is 209 Å². The number of benzene rings is 2. The highest BCUT2D eigenvalue weighted by Crippen LogP contribution is 2.35. The molecule has 0 saturated carbocycles. The normalized spacial score (nSPS) is 11.9. The molecular weight excluding hydrogens is 490 g/mol. The number of nitrogens with zero attached hydrogens (tertiary/aromatic N) is 5. The molecule has 11 heteroatoms. The van der Waals surface area contributed by atoms with E-state index in [4.69, 9.17) is 9.47 Å². The lowest BCUT2D eigenvalue weighted by atomic mass is 10.1. The van der Waals surface area contributed by atoms with Crippen molar-refractivity contribution < 1.29 is 27.0 Å².